The highest BCUT2D eigenvalue weighted by Gasteiger charge is 2.27. The minimum atomic E-state index is 0.989. The molecule has 0 saturated carbocycles. The first kappa shape index (κ1) is 11.5. The SMILES string of the molecule is Cc1cc(N2C=C3c4ccccc4CCN3N2)ccn1. The quantitative estimate of drug-likeness (QED) is 0.857. The zero-order valence-electron chi connectivity index (χ0n) is 11.4. The summed E-state index contributed by atoms with van der Waals surface area (Å²) in [6.07, 6.45) is 5.08. The van der Waals surface area contributed by atoms with Crippen LogP contribution in [0.1, 0.15) is 16.8 Å². The van der Waals surface area contributed by atoms with Crippen LogP contribution in [0.4, 0.5) is 5.69 Å². The van der Waals surface area contributed by atoms with Crippen LogP contribution in [0.2, 0.25) is 0 Å². The van der Waals surface area contributed by atoms with E-state index in [1.54, 1.807) is 0 Å². The first-order valence-corrected chi connectivity index (χ1v) is 6.87. The molecule has 0 saturated heterocycles. The van der Waals surface area contributed by atoms with Crippen molar-refractivity contribution in [2.45, 2.75) is 13.3 Å². The van der Waals surface area contributed by atoms with Gasteiger partial charge in [0.2, 0.25) is 0 Å². The van der Waals surface area contributed by atoms with Crippen molar-refractivity contribution in [1.29, 1.82) is 0 Å². The summed E-state index contributed by atoms with van der Waals surface area (Å²) in [6, 6.07) is 12.7. The Bertz CT molecular complexity index is 692. The molecule has 0 spiro atoms. The average molecular weight is 264 g/mol. The molecule has 0 unspecified atom stereocenters. The van der Waals surface area contributed by atoms with E-state index in [2.05, 4.69) is 57.1 Å². The van der Waals surface area contributed by atoms with Crippen molar-refractivity contribution in [2.75, 3.05) is 11.6 Å². The molecule has 20 heavy (non-hydrogen) atoms. The Morgan fingerprint density at radius 2 is 2.10 bits per heavy atom. The lowest BCUT2D eigenvalue weighted by Crippen LogP contribution is -2.42. The van der Waals surface area contributed by atoms with Gasteiger partial charge < -0.3 is 0 Å². The molecule has 1 aromatic carbocycles. The van der Waals surface area contributed by atoms with Gasteiger partial charge in [0.15, 0.2) is 0 Å². The third-order valence-corrected chi connectivity index (χ3v) is 3.83. The average Bonchev–Trinajstić information content (AvgIpc) is 2.92. The number of anilines is 1. The lowest BCUT2D eigenvalue weighted by molar-refractivity contribution is 0.307. The molecule has 2 aromatic rings. The van der Waals surface area contributed by atoms with Gasteiger partial charge in [-0.3, -0.25) is 15.0 Å². The Balaban J connectivity index is 1.74. The van der Waals surface area contributed by atoms with Crippen molar-refractivity contribution in [3.63, 3.8) is 0 Å². The smallest absolute Gasteiger partial charge is 0.0791 e. The van der Waals surface area contributed by atoms with Gasteiger partial charge in [0.1, 0.15) is 0 Å². The van der Waals surface area contributed by atoms with Crippen LogP contribution in [0.5, 0.6) is 0 Å². The maximum atomic E-state index is 4.25. The van der Waals surface area contributed by atoms with Crippen molar-refractivity contribution in [3.8, 4) is 0 Å². The third-order valence-electron chi connectivity index (χ3n) is 3.83. The zero-order chi connectivity index (χ0) is 13.5. The molecule has 1 N–H and O–H groups in total. The number of nitrogens with one attached hydrogen (secondary N) is 1. The second kappa shape index (κ2) is 4.35. The lowest BCUT2D eigenvalue weighted by Gasteiger charge is -2.29. The summed E-state index contributed by atoms with van der Waals surface area (Å²) in [5.74, 6) is 0. The molecule has 4 rings (SSSR count). The highest BCUT2D eigenvalue weighted by Crippen LogP contribution is 2.32. The molecule has 3 heterocycles. The van der Waals surface area contributed by atoms with E-state index < -0.39 is 0 Å². The standard InChI is InChI=1S/C16H16N4/c1-12-10-14(6-8-17-12)20-11-16-15-5-3-2-4-13(15)7-9-19(16)18-20/h2-6,8,10-11,18H,7,9H2,1H3. The topological polar surface area (TPSA) is 31.4 Å². The molecule has 100 valence electrons. The highest BCUT2D eigenvalue weighted by molar-refractivity contribution is 5.73. The number of aryl methyl sites for hydroxylation is 1. The Hall–Kier alpha value is -2.33. The molecule has 0 amide bonds. The number of hydrazine groups is 2. The molecule has 2 aliphatic rings. The monoisotopic (exact) mass is 264 g/mol. The van der Waals surface area contributed by atoms with E-state index in [4.69, 9.17) is 0 Å². The highest BCUT2D eigenvalue weighted by atomic mass is 15.8. The van der Waals surface area contributed by atoms with Crippen LogP contribution >= 0.6 is 0 Å². The Labute approximate surface area is 118 Å². The number of pyridine rings is 1. The van der Waals surface area contributed by atoms with Gasteiger partial charge in [-0.25, -0.2) is 0 Å². The van der Waals surface area contributed by atoms with Gasteiger partial charge in [0.05, 0.1) is 11.4 Å². The number of benzene rings is 1. The summed E-state index contributed by atoms with van der Waals surface area (Å²) in [4.78, 5) is 4.25. The predicted octanol–water partition coefficient (Wildman–Crippen LogP) is 2.49. The van der Waals surface area contributed by atoms with Crippen LogP contribution in [0.15, 0.2) is 48.8 Å². The minimum absolute atomic E-state index is 0.989. The zero-order valence-corrected chi connectivity index (χ0v) is 11.4. The molecule has 1 aromatic heterocycles. The number of hydrogen-bond acceptors (Lipinski definition) is 4. The number of rotatable bonds is 1. The van der Waals surface area contributed by atoms with Gasteiger partial charge in [-0.1, -0.05) is 24.3 Å². The van der Waals surface area contributed by atoms with Crippen LogP contribution in [-0.2, 0) is 6.42 Å². The lowest BCUT2D eigenvalue weighted by atomic mass is 9.98. The minimum Gasteiger partial charge on any atom is -0.288 e. The van der Waals surface area contributed by atoms with Crippen LogP contribution in [0.3, 0.4) is 0 Å². The van der Waals surface area contributed by atoms with Crippen LogP contribution in [0, 0.1) is 6.92 Å². The number of nitrogens with zero attached hydrogens (tertiary/aromatic N) is 3. The van der Waals surface area contributed by atoms with Crippen molar-refractivity contribution in [1.82, 2.24) is 15.5 Å². The molecule has 4 nitrogen and oxygen atoms in total. The van der Waals surface area contributed by atoms with E-state index in [0.29, 0.717) is 0 Å². The summed E-state index contributed by atoms with van der Waals surface area (Å²) in [6.45, 7) is 3.00. The fraction of sp³-hybridized carbons (Fsp3) is 0.188. The summed E-state index contributed by atoms with van der Waals surface area (Å²) in [5, 5.41) is 4.27. The molecule has 0 atom stereocenters. The summed E-state index contributed by atoms with van der Waals surface area (Å²) >= 11 is 0. The van der Waals surface area contributed by atoms with Gasteiger partial charge in [-0.2, -0.15) is 0 Å². The summed E-state index contributed by atoms with van der Waals surface area (Å²) < 4.78 is 0. The van der Waals surface area contributed by atoms with Gasteiger partial charge in [-0.05, 0) is 31.0 Å². The molecule has 0 aliphatic carbocycles. The van der Waals surface area contributed by atoms with E-state index in [0.717, 1.165) is 24.3 Å². The number of hydrogen-bond donors (Lipinski definition) is 1. The maximum absolute atomic E-state index is 4.25. The van der Waals surface area contributed by atoms with Crippen LogP contribution in [-0.4, -0.2) is 16.5 Å². The van der Waals surface area contributed by atoms with E-state index in [9.17, 15) is 0 Å². The van der Waals surface area contributed by atoms with E-state index in [1.165, 1.54) is 16.8 Å². The maximum Gasteiger partial charge on any atom is 0.0791 e. The van der Waals surface area contributed by atoms with Crippen LogP contribution < -0.4 is 10.5 Å². The Kier molecular flexibility index (Phi) is 2.50. The molecule has 0 fully saturated rings. The summed E-state index contributed by atoms with van der Waals surface area (Å²) in [7, 11) is 0. The first-order valence-electron chi connectivity index (χ1n) is 6.87. The van der Waals surface area contributed by atoms with Crippen molar-refractivity contribution in [2.24, 2.45) is 0 Å². The molecule has 4 heteroatoms. The second-order valence-corrected chi connectivity index (χ2v) is 5.20. The fourth-order valence-corrected chi connectivity index (χ4v) is 2.82. The molecule has 2 aliphatic heterocycles. The van der Waals surface area contributed by atoms with Gasteiger partial charge in [-0.15, -0.1) is 5.53 Å². The second-order valence-electron chi connectivity index (χ2n) is 5.20. The van der Waals surface area contributed by atoms with Crippen molar-refractivity contribution >= 4 is 11.4 Å². The number of fused-ring (bicyclic) bond motifs is 3. The predicted molar refractivity (Wildman–Crippen MR) is 79.4 cm³/mol. The van der Waals surface area contributed by atoms with E-state index in [1.807, 2.05) is 19.2 Å². The van der Waals surface area contributed by atoms with Gasteiger partial charge in [0, 0.05) is 30.2 Å². The molecular weight excluding hydrogens is 248 g/mol. The van der Waals surface area contributed by atoms with Gasteiger partial charge >= 0.3 is 0 Å². The summed E-state index contributed by atoms with van der Waals surface area (Å²) in [5.41, 5.74) is 9.53. The van der Waals surface area contributed by atoms with E-state index in [-0.39, 0.29) is 0 Å². The van der Waals surface area contributed by atoms with Crippen molar-refractivity contribution < 1.29 is 0 Å². The van der Waals surface area contributed by atoms with Crippen LogP contribution in [0.25, 0.3) is 5.70 Å². The normalized spacial score (nSPS) is 16.8. The fourth-order valence-electron chi connectivity index (χ4n) is 2.82. The molecule has 0 radical (unpaired) electrons. The molecular formula is C16H16N4. The number of aromatic nitrogens is 1. The van der Waals surface area contributed by atoms with Gasteiger partial charge in [0.25, 0.3) is 0 Å². The first-order chi connectivity index (χ1) is 9.81. The Morgan fingerprint density at radius 1 is 1.20 bits per heavy atom. The molecule has 0 bridgehead atoms. The van der Waals surface area contributed by atoms with E-state index >= 15 is 0 Å². The largest absolute Gasteiger partial charge is 0.288 e. The Morgan fingerprint density at radius 3 is 3.00 bits per heavy atom. The van der Waals surface area contributed by atoms with Crippen molar-refractivity contribution in [3.05, 3.63) is 65.6 Å². The third kappa shape index (κ3) is 1.77.